The number of aliphatic imine (C=N–C) groups is 1. The first-order valence-corrected chi connectivity index (χ1v) is 11.6. The number of benzene rings is 1. The molecule has 0 bridgehead atoms. The van der Waals surface area contributed by atoms with E-state index in [2.05, 4.69) is 30.2 Å². The number of hydrogen-bond acceptors (Lipinski definition) is 10. The second-order valence-electron chi connectivity index (χ2n) is 8.17. The van der Waals surface area contributed by atoms with Crippen molar-refractivity contribution in [1.82, 2.24) is 19.9 Å². The third kappa shape index (κ3) is 4.19. The zero-order chi connectivity index (χ0) is 25.5. The van der Waals surface area contributed by atoms with Crippen LogP contribution in [0.1, 0.15) is 25.3 Å². The quantitative estimate of drug-likeness (QED) is 0.373. The monoisotopic (exact) mass is 515 g/mol. The molecule has 0 fully saturated rings. The van der Waals surface area contributed by atoms with Crippen LogP contribution >= 0.6 is 11.8 Å². The Balaban J connectivity index is 1.46. The molecule has 13 heteroatoms. The van der Waals surface area contributed by atoms with E-state index in [1.807, 2.05) is 0 Å². The van der Waals surface area contributed by atoms with E-state index in [1.165, 1.54) is 50.8 Å². The van der Waals surface area contributed by atoms with Crippen LogP contribution in [0.25, 0.3) is 11.0 Å². The topological polar surface area (TPSA) is 124 Å². The van der Waals surface area contributed by atoms with Crippen LogP contribution in [0.15, 0.2) is 58.5 Å². The van der Waals surface area contributed by atoms with E-state index in [9.17, 15) is 4.39 Å². The summed E-state index contributed by atoms with van der Waals surface area (Å²) in [6.07, 6.45) is 5.86. The lowest BCUT2D eigenvalue weighted by molar-refractivity contribution is -0.0691. The Morgan fingerprint density at radius 3 is 2.81 bits per heavy atom. The summed E-state index contributed by atoms with van der Waals surface area (Å²) < 4.78 is 56.0. The van der Waals surface area contributed by atoms with Gasteiger partial charge in [0.1, 0.15) is 17.6 Å². The molecule has 1 aliphatic heterocycles. The number of amidine groups is 1. The molecule has 1 aromatic carbocycles. The number of nitrogens with one attached hydrogen (secondary N) is 1. The van der Waals surface area contributed by atoms with E-state index in [4.69, 9.17) is 14.9 Å². The van der Waals surface area contributed by atoms with E-state index >= 15 is 8.78 Å². The molecule has 0 aliphatic carbocycles. The number of ether oxygens (including phenoxy) is 1. The average molecular weight is 516 g/mol. The van der Waals surface area contributed by atoms with Crippen molar-refractivity contribution < 1.29 is 22.3 Å². The third-order valence-corrected chi connectivity index (χ3v) is 6.79. The molecule has 0 amide bonds. The Bertz CT molecular complexity index is 1450. The van der Waals surface area contributed by atoms with Gasteiger partial charge in [0.05, 0.1) is 23.2 Å². The van der Waals surface area contributed by atoms with Crippen LogP contribution in [0, 0.1) is 5.82 Å². The second kappa shape index (κ2) is 8.97. The lowest BCUT2D eigenvalue weighted by Gasteiger charge is -2.41. The van der Waals surface area contributed by atoms with Gasteiger partial charge >= 0.3 is 0 Å². The van der Waals surface area contributed by atoms with Crippen LogP contribution in [-0.2, 0) is 12.1 Å². The molecule has 0 unspecified atom stereocenters. The molecule has 0 spiro atoms. The van der Waals surface area contributed by atoms with Crippen molar-refractivity contribution in [2.24, 2.45) is 10.7 Å². The number of pyridine rings is 1. The van der Waals surface area contributed by atoms with E-state index < -0.39 is 22.5 Å². The maximum atomic E-state index is 15.2. The van der Waals surface area contributed by atoms with Gasteiger partial charge in [-0.3, -0.25) is 0 Å². The van der Waals surface area contributed by atoms with Crippen LogP contribution in [0.2, 0.25) is 0 Å². The Morgan fingerprint density at radius 2 is 2.03 bits per heavy atom. The minimum Gasteiger partial charge on any atom is -0.467 e. The van der Waals surface area contributed by atoms with Gasteiger partial charge in [-0.2, -0.15) is 0 Å². The number of anilines is 2. The first kappa shape index (κ1) is 23.9. The van der Waals surface area contributed by atoms with Gasteiger partial charge in [0.2, 0.25) is 11.8 Å². The van der Waals surface area contributed by atoms with Crippen LogP contribution in [-0.4, -0.2) is 36.3 Å². The predicted octanol–water partition coefficient (Wildman–Crippen LogP) is 4.78. The van der Waals surface area contributed by atoms with Crippen LogP contribution in [0.4, 0.5) is 24.7 Å². The Kier molecular flexibility index (Phi) is 5.94. The molecule has 4 heterocycles. The standard InChI is InChI=1S/C23H20F3N7O2S/c1-12-23(25,26)22(2,33-21(27)36-12)14-9-13(3-4-15(14)24)31-20-19-16(5-6-29-20)32-17(10-30-19)35-11-18-28-7-8-34-18/h3-10,12H,11H2,1-2H3,(H2,27,33)(H,29,31)/t12-,22-/m1/s1. The van der Waals surface area contributed by atoms with Crippen molar-refractivity contribution in [3.63, 3.8) is 0 Å². The van der Waals surface area contributed by atoms with Crippen molar-refractivity contribution >= 4 is 39.5 Å². The van der Waals surface area contributed by atoms with Gasteiger partial charge < -0.3 is 20.2 Å². The second-order valence-corrected chi connectivity index (χ2v) is 9.54. The number of alkyl halides is 2. The highest BCUT2D eigenvalue weighted by Crippen LogP contribution is 2.51. The van der Waals surface area contributed by atoms with Gasteiger partial charge in [-0.05, 0) is 38.1 Å². The minimum absolute atomic E-state index is 0.0273. The van der Waals surface area contributed by atoms with Gasteiger partial charge in [0, 0.05) is 17.4 Å². The molecule has 1 aliphatic rings. The van der Waals surface area contributed by atoms with Crippen molar-refractivity contribution in [1.29, 1.82) is 0 Å². The molecule has 0 saturated heterocycles. The average Bonchev–Trinajstić information content (AvgIpc) is 3.36. The van der Waals surface area contributed by atoms with Crippen molar-refractivity contribution in [3.8, 4) is 5.88 Å². The molecule has 36 heavy (non-hydrogen) atoms. The fraction of sp³-hybridized carbons (Fsp3) is 0.261. The van der Waals surface area contributed by atoms with Crippen molar-refractivity contribution in [3.05, 3.63) is 66.4 Å². The van der Waals surface area contributed by atoms with E-state index in [0.29, 0.717) is 28.4 Å². The molecular weight excluding hydrogens is 495 g/mol. The molecule has 0 saturated carbocycles. The van der Waals surface area contributed by atoms with Crippen LogP contribution in [0.5, 0.6) is 5.88 Å². The first-order chi connectivity index (χ1) is 17.2. The number of rotatable bonds is 6. The summed E-state index contributed by atoms with van der Waals surface area (Å²) in [6.45, 7) is 2.60. The normalized spacial score (nSPS) is 21.2. The first-order valence-electron chi connectivity index (χ1n) is 10.8. The zero-order valence-electron chi connectivity index (χ0n) is 19.1. The van der Waals surface area contributed by atoms with Gasteiger partial charge in [-0.25, -0.2) is 38.1 Å². The van der Waals surface area contributed by atoms with Crippen LogP contribution < -0.4 is 15.8 Å². The molecule has 4 aromatic rings. The predicted molar refractivity (Wildman–Crippen MR) is 129 cm³/mol. The van der Waals surface area contributed by atoms with Gasteiger partial charge in [-0.1, -0.05) is 11.8 Å². The summed E-state index contributed by atoms with van der Waals surface area (Å²) in [4.78, 5) is 21.0. The van der Waals surface area contributed by atoms with Gasteiger partial charge in [0.15, 0.2) is 23.1 Å². The number of halogens is 3. The summed E-state index contributed by atoms with van der Waals surface area (Å²) in [5.41, 5.74) is 4.49. The minimum atomic E-state index is -3.36. The number of nitrogens with zero attached hydrogens (tertiary/aromatic N) is 5. The maximum Gasteiger partial charge on any atom is 0.288 e. The number of nitrogens with two attached hydrogens (primary N) is 1. The molecule has 186 valence electrons. The molecule has 3 aromatic heterocycles. The molecule has 5 rings (SSSR count). The number of thioether (sulfide) groups is 1. The van der Waals surface area contributed by atoms with E-state index in [0.717, 1.165) is 17.8 Å². The highest BCUT2D eigenvalue weighted by atomic mass is 32.2. The third-order valence-electron chi connectivity index (χ3n) is 5.81. The van der Waals surface area contributed by atoms with Gasteiger partial charge in [0.25, 0.3) is 5.92 Å². The SMILES string of the molecule is C[C@H]1SC(N)=N[C@](C)(c2cc(Nc3nccc4nc(OCc5ncco5)cnc34)ccc2F)C1(F)F. The zero-order valence-corrected chi connectivity index (χ0v) is 19.9. The van der Waals surface area contributed by atoms with Gasteiger partial charge in [-0.15, -0.1) is 0 Å². The summed E-state index contributed by atoms with van der Waals surface area (Å²) >= 11 is 0.758. The lowest BCUT2D eigenvalue weighted by Crippen LogP contribution is -2.52. The van der Waals surface area contributed by atoms with E-state index in [1.54, 1.807) is 6.07 Å². The fourth-order valence-corrected chi connectivity index (χ4v) is 4.85. The Labute approximate surface area is 207 Å². The number of hydrogen-bond donors (Lipinski definition) is 2. The number of aromatic nitrogens is 4. The lowest BCUT2D eigenvalue weighted by atomic mass is 9.83. The summed E-state index contributed by atoms with van der Waals surface area (Å²) in [5.74, 6) is -3.25. The fourth-order valence-electron chi connectivity index (χ4n) is 3.87. The summed E-state index contributed by atoms with van der Waals surface area (Å²) in [5, 5.41) is 1.80. The molecule has 3 N–H and O–H groups in total. The molecular formula is C23H20F3N7O2S. The van der Waals surface area contributed by atoms with Crippen molar-refractivity contribution in [2.75, 3.05) is 5.32 Å². The van der Waals surface area contributed by atoms with Crippen LogP contribution in [0.3, 0.4) is 0 Å². The smallest absolute Gasteiger partial charge is 0.288 e. The van der Waals surface area contributed by atoms with E-state index in [-0.39, 0.29) is 23.2 Å². The highest BCUT2D eigenvalue weighted by molar-refractivity contribution is 8.14. The number of oxazole rings is 1. The highest BCUT2D eigenvalue weighted by Gasteiger charge is 2.59. The Morgan fingerprint density at radius 1 is 1.19 bits per heavy atom. The van der Waals surface area contributed by atoms with Crippen molar-refractivity contribution in [2.45, 2.75) is 37.2 Å². The summed E-state index contributed by atoms with van der Waals surface area (Å²) in [7, 11) is 0. The molecule has 9 nitrogen and oxygen atoms in total. The largest absolute Gasteiger partial charge is 0.467 e. The molecule has 0 radical (unpaired) electrons. The molecule has 2 atom stereocenters. The number of fused-ring (bicyclic) bond motifs is 1. The Hall–Kier alpha value is -3.87. The summed E-state index contributed by atoms with van der Waals surface area (Å²) in [6, 6.07) is 5.44. The maximum absolute atomic E-state index is 15.2.